The molecule has 1 aliphatic rings. The number of hydrazine groups is 1. The first kappa shape index (κ1) is 44.4. The van der Waals surface area contributed by atoms with Gasteiger partial charge in [0, 0.05) is 31.6 Å². The van der Waals surface area contributed by atoms with E-state index in [4.69, 9.17) is 14.5 Å². The van der Waals surface area contributed by atoms with E-state index in [9.17, 15) is 24.3 Å². The van der Waals surface area contributed by atoms with Crippen molar-refractivity contribution < 1.29 is 33.8 Å². The zero-order valence-electron chi connectivity index (χ0n) is 35.2. The van der Waals surface area contributed by atoms with Crippen molar-refractivity contribution in [3.63, 3.8) is 0 Å². The number of aliphatic hydroxyl groups is 1. The lowest BCUT2D eigenvalue weighted by Crippen LogP contribution is -2.60. The van der Waals surface area contributed by atoms with Crippen LogP contribution >= 0.6 is 0 Å². The number of fused-ring (bicyclic) bond motifs is 1. The summed E-state index contributed by atoms with van der Waals surface area (Å²) in [5.74, 6) is -0.431. The number of nitrogens with zero attached hydrogens (tertiary/aromatic N) is 4. The molecule has 4 aromatic rings. The molecule has 2 heterocycles. The smallest absolute Gasteiger partial charge is 0.407 e. The predicted molar refractivity (Wildman–Crippen MR) is 226 cm³/mol. The van der Waals surface area contributed by atoms with Gasteiger partial charge in [-0.3, -0.25) is 20.0 Å². The quantitative estimate of drug-likeness (QED) is 0.0979. The Morgan fingerprint density at radius 3 is 2.24 bits per heavy atom. The second-order valence-corrected chi connectivity index (χ2v) is 16.2. The Kier molecular flexibility index (Phi) is 15.3. The number of para-hydroxylation sites is 1. The summed E-state index contributed by atoms with van der Waals surface area (Å²) in [6.07, 6.45) is -1.06. The van der Waals surface area contributed by atoms with Gasteiger partial charge in [-0.15, -0.1) is 0 Å². The summed E-state index contributed by atoms with van der Waals surface area (Å²) in [5, 5.41) is 20.5. The molecule has 0 spiro atoms. The van der Waals surface area contributed by atoms with Gasteiger partial charge in [-0.2, -0.15) is 0 Å². The summed E-state index contributed by atoms with van der Waals surface area (Å²) in [5.41, 5.74) is 5.52. The summed E-state index contributed by atoms with van der Waals surface area (Å²) in [7, 11) is 2.80. The van der Waals surface area contributed by atoms with Crippen molar-refractivity contribution in [3.05, 3.63) is 108 Å². The number of nitrogens with one attached hydrogen (secondary N) is 3. The molecule has 0 saturated carbocycles. The lowest BCUT2D eigenvalue weighted by Gasteiger charge is -2.36. The average molecular weight is 810 g/mol. The second-order valence-electron chi connectivity index (χ2n) is 16.2. The van der Waals surface area contributed by atoms with E-state index in [0.717, 1.165) is 27.7 Å². The van der Waals surface area contributed by atoms with Crippen LogP contribution in [0, 0.1) is 11.3 Å². The van der Waals surface area contributed by atoms with Crippen molar-refractivity contribution in [2.45, 2.75) is 84.8 Å². The molecule has 4 N–H and O–H groups in total. The number of alkyl carbamates (subject to hydrolysis) is 1. The molecule has 14 heteroatoms. The number of ether oxygens (including phenoxy) is 2. The number of carbonyl (C=O) groups excluding carboxylic acids is 4. The predicted octanol–water partition coefficient (Wildman–Crippen LogP) is 5.29. The highest BCUT2D eigenvalue weighted by Crippen LogP contribution is 2.24. The zero-order chi connectivity index (χ0) is 42.7. The SMILES string of the molecule is CCC(C)C(C(=O)NC(Cc1ccccc1)C(O)CN(Cc1ccc(OC)cc1)NC(=O)C(NC(=O)OC)C(C)(C)C)N1CCN(Cc2ccc3ccccc3n2)C1=O. The molecule has 0 aliphatic carbocycles. The van der Waals surface area contributed by atoms with Gasteiger partial charge in [0.25, 0.3) is 5.91 Å². The summed E-state index contributed by atoms with van der Waals surface area (Å²) in [6, 6.07) is 25.7. The largest absolute Gasteiger partial charge is 0.497 e. The average Bonchev–Trinajstić information content (AvgIpc) is 3.57. The first-order valence-electron chi connectivity index (χ1n) is 20.2. The van der Waals surface area contributed by atoms with Crippen LogP contribution < -0.4 is 20.8 Å². The molecule has 0 radical (unpaired) electrons. The topological polar surface area (TPSA) is 166 Å². The highest BCUT2D eigenvalue weighted by molar-refractivity contribution is 5.89. The van der Waals surface area contributed by atoms with Crippen LogP contribution in [0.15, 0.2) is 91.0 Å². The number of aromatic nitrogens is 1. The lowest BCUT2D eigenvalue weighted by atomic mass is 9.86. The number of pyridine rings is 1. The van der Waals surface area contributed by atoms with Crippen LogP contribution in [0.4, 0.5) is 9.59 Å². The Hall–Kier alpha value is -5.73. The van der Waals surface area contributed by atoms with Gasteiger partial charge in [0.05, 0.1) is 44.1 Å². The molecule has 1 fully saturated rings. The number of urea groups is 1. The van der Waals surface area contributed by atoms with Gasteiger partial charge >= 0.3 is 12.1 Å². The first-order valence-corrected chi connectivity index (χ1v) is 20.2. The summed E-state index contributed by atoms with van der Waals surface area (Å²) >= 11 is 0. The van der Waals surface area contributed by atoms with Crippen molar-refractivity contribution in [3.8, 4) is 5.75 Å². The van der Waals surface area contributed by atoms with Crippen LogP contribution in [0.3, 0.4) is 0 Å². The summed E-state index contributed by atoms with van der Waals surface area (Å²) in [4.78, 5) is 62.9. The Labute approximate surface area is 347 Å². The van der Waals surface area contributed by atoms with Gasteiger partial charge in [-0.05, 0) is 53.1 Å². The third kappa shape index (κ3) is 11.9. The fraction of sp³-hybridized carbons (Fsp3) is 0.444. The van der Waals surface area contributed by atoms with Crippen molar-refractivity contribution in [1.82, 2.24) is 35.9 Å². The fourth-order valence-electron chi connectivity index (χ4n) is 7.27. The van der Waals surface area contributed by atoms with Crippen molar-refractivity contribution >= 4 is 34.8 Å². The standard InChI is InChI=1S/C45H59N7O7/c1-8-30(2)39(52-25-24-50(44(52)57)28-34-21-20-33-16-12-13-17-36(33)46-34)41(54)47-37(26-31-14-10-9-11-15-31)38(53)29-51(27-32-18-22-35(58-6)23-19-32)49-42(55)40(45(3,4)5)48-43(56)59-7/h9-23,30,37-40,53H,8,24-29H2,1-7H3,(H,47,54)(H,48,56)(H,49,55). The molecule has 316 valence electrons. The number of amides is 5. The molecule has 0 bridgehead atoms. The molecule has 14 nitrogen and oxygen atoms in total. The number of rotatable bonds is 18. The van der Waals surface area contributed by atoms with E-state index < -0.39 is 41.6 Å². The second kappa shape index (κ2) is 20.3. The first-order chi connectivity index (χ1) is 28.2. The number of carbonyl (C=O) groups is 4. The van der Waals surface area contributed by atoms with E-state index in [2.05, 4.69) is 16.1 Å². The molecule has 3 aromatic carbocycles. The molecule has 59 heavy (non-hydrogen) atoms. The van der Waals surface area contributed by atoms with Gasteiger partial charge in [0.15, 0.2) is 0 Å². The third-order valence-corrected chi connectivity index (χ3v) is 10.8. The molecule has 5 rings (SSSR count). The number of hydrogen-bond donors (Lipinski definition) is 4. The highest BCUT2D eigenvalue weighted by atomic mass is 16.5. The Bertz CT molecular complexity index is 2020. The molecular weight excluding hydrogens is 751 g/mol. The van der Waals surface area contributed by atoms with E-state index in [-0.39, 0.29) is 37.4 Å². The molecule has 1 aromatic heterocycles. The summed E-state index contributed by atoms with van der Waals surface area (Å²) < 4.78 is 10.1. The molecular formula is C45H59N7O7. The maximum Gasteiger partial charge on any atom is 0.407 e. The summed E-state index contributed by atoms with van der Waals surface area (Å²) in [6.45, 7) is 10.6. The van der Waals surface area contributed by atoms with Gasteiger partial charge < -0.3 is 35.0 Å². The Morgan fingerprint density at radius 2 is 1.58 bits per heavy atom. The van der Waals surface area contributed by atoms with E-state index in [1.54, 1.807) is 34.1 Å². The minimum Gasteiger partial charge on any atom is -0.497 e. The maximum absolute atomic E-state index is 14.5. The van der Waals surface area contributed by atoms with Crippen molar-refractivity contribution in [2.75, 3.05) is 33.9 Å². The van der Waals surface area contributed by atoms with Crippen LogP contribution in [-0.4, -0.2) is 107 Å². The van der Waals surface area contributed by atoms with Gasteiger partial charge in [-0.1, -0.05) is 108 Å². The number of methoxy groups -OCH3 is 2. The fourth-order valence-corrected chi connectivity index (χ4v) is 7.27. The van der Waals surface area contributed by atoms with Gasteiger partial charge in [-0.25, -0.2) is 14.6 Å². The van der Waals surface area contributed by atoms with Crippen LogP contribution in [0.5, 0.6) is 5.75 Å². The van der Waals surface area contributed by atoms with E-state index >= 15 is 0 Å². The molecule has 1 saturated heterocycles. The maximum atomic E-state index is 14.5. The monoisotopic (exact) mass is 809 g/mol. The zero-order valence-corrected chi connectivity index (χ0v) is 35.2. The minimum atomic E-state index is -1.21. The molecule has 5 unspecified atom stereocenters. The molecule has 5 amide bonds. The number of benzene rings is 3. The minimum absolute atomic E-state index is 0.103. The Morgan fingerprint density at radius 1 is 0.881 bits per heavy atom. The van der Waals surface area contributed by atoms with E-state index in [1.165, 1.54) is 7.11 Å². The normalized spacial score (nSPS) is 15.6. The molecule has 5 atom stereocenters. The molecule has 1 aliphatic heterocycles. The highest BCUT2D eigenvalue weighted by Gasteiger charge is 2.41. The van der Waals surface area contributed by atoms with Crippen LogP contribution in [0.2, 0.25) is 0 Å². The Balaban J connectivity index is 1.39. The van der Waals surface area contributed by atoms with Crippen LogP contribution in [-0.2, 0) is 33.8 Å². The van der Waals surface area contributed by atoms with Crippen molar-refractivity contribution in [2.24, 2.45) is 11.3 Å². The third-order valence-electron chi connectivity index (χ3n) is 10.8. The lowest BCUT2D eigenvalue weighted by molar-refractivity contribution is -0.132. The van der Waals surface area contributed by atoms with Crippen LogP contribution in [0.25, 0.3) is 10.9 Å². The van der Waals surface area contributed by atoms with Crippen molar-refractivity contribution in [1.29, 1.82) is 0 Å². The number of hydrogen-bond acceptors (Lipinski definition) is 9. The van der Waals surface area contributed by atoms with E-state index in [0.29, 0.717) is 31.8 Å². The van der Waals surface area contributed by atoms with Gasteiger partial charge in [0.1, 0.15) is 17.8 Å². The van der Waals surface area contributed by atoms with Crippen LogP contribution in [0.1, 0.15) is 57.9 Å². The number of aliphatic hydroxyl groups excluding tert-OH is 1. The van der Waals surface area contributed by atoms with Gasteiger partial charge in [0.2, 0.25) is 5.91 Å². The van der Waals surface area contributed by atoms with E-state index in [1.807, 2.05) is 113 Å².